The summed E-state index contributed by atoms with van der Waals surface area (Å²) in [5.41, 5.74) is 2.96. The summed E-state index contributed by atoms with van der Waals surface area (Å²) in [6.07, 6.45) is 16.7. The van der Waals surface area contributed by atoms with Crippen LogP contribution in [0.1, 0.15) is 86.0 Å². The fraction of sp³-hybridized carbons (Fsp3) is 0.724. The Hall–Kier alpha value is -1.64. The van der Waals surface area contributed by atoms with Gasteiger partial charge in [0.2, 0.25) is 0 Å². The van der Waals surface area contributed by atoms with Gasteiger partial charge < -0.3 is 4.74 Å². The molecule has 0 aliphatic heterocycles. The Labute approximate surface area is 193 Å². The van der Waals surface area contributed by atoms with Gasteiger partial charge in [0.25, 0.3) is 0 Å². The highest BCUT2D eigenvalue weighted by Crippen LogP contribution is 2.73. The van der Waals surface area contributed by atoms with Gasteiger partial charge in [-0.15, -0.1) is 0 Å². The van der Waals surface area contributed by atoms with E-state index in [0.29, 0.717) is 5.92 Å². The average Bonchev–Trinajstić information content (AvgIpc) is 2.74. The minimum Gasteiger partial charge on any atom is -0.469 e. The molecule has 5 rings (SSSR count). The first-order valence-electron chi connectivity index (χ1n) is 12.7. The van der Waals surface area contributed by atoms with Crippen molar-refractivity contribution in [2.75, 3.05) is 7.11 Å². The Morgan fingerprint density at radius 3 is 2.47 bits per heavy atom. The van der Waals surface area contributed by atoms with Gasteiger partial charge in [-0.2, -0.15) is 0 Å². The average molecular weight is 437 g/mol. The molecule has 0 N–H and O–H groups in total. The van der Waals surface area contributed by atoms with E-state index in [9.17, 15) is 9.59 Å². The lowest BCUT2D eigenvalue weighted by molar-refractivity contribution is -0.169. The van der Waals surface area contributed by atoms with Crippen molar-refractivity contribution in [1.82, 2.24) is 0 Å². The third kappa shape index (κ3) is 2.66. The van der Waals surface area contributed by atoms with E-state index < -0.39 is 0 Å². The van der Waals surface area contributed by atoms with Crippen LogP contribution in [0.5, 0.6) is 0 Å². The number of carbonyl (C=O) groups excluding carboxylic acids is 2. The first-order chi connectivity index (χ1) is 14.9. The number of hydrogen-bond acceptors (Lipinski definition) is 3. The highest BCUT2D eigenvalue weighted by molar-refractivity contribution is 6.01. The van der Waals surface area contributed by atoms with Crippen LogP contribution in [0.2, 0.25) is 0 Å². The van der Waals surface area contributed by atoms with Gasteiger partial charge in [0, 0.05) is 5.41 Å². The van der Waals surface area contributed by atoms with Crippen molar-refractivity contribution in [2.24, 2.45) is 38.9 Å². The van der Waals surface area contributed by atoms with Gasteiger partial charge >= 0.3 is 5.97 Å². The van der Waals surface area contributed by atoms with Crippen LogP contribution in [0.3, 0.4) is 0 Å². The largest absolute Gasteiger partial charge is 0.469 e. The van der Waals surface area contributed by atoms with Crippen LogP contribution >= 0.6 is 0 Å². The molecule has 0 aromatic carbocycles. The molecule has 3 fully saturated rings. The maximum atomic E-state index is 13.2. The molecule has 0 heterocycles. The molecular formula is C29H40O3. The molecule has 5 aliphatic rings. The zero-order valence-corrected chi connectivity index (χ0v) is 20.8. The minimum atomic E-state index is -0.348. The fourth-order valence-electron chi connectivity index (χ4n) is 8.89. The summed E-state index contributed by atoms with van der Waals surface area (Å²) < 4.78 is 5.44. The number of esters is 1. The fourth-order valence-corrected chi connectivity index (χ4v) is 8.89. The van der Waals surface area contributed by atoms with Crippen LogP contribution in [-0.2, 0) is 14.3 Å². The SMILES string of the molecule is COC(=O)[C@]12CCC(C)(C)CC1C1=CC[C@@H]3[C@@]4(C)C=CC(=O)C=C4CC[C@@]3(C)[C@]1(C)CC2. The number of hydrogen-bond donors (Lipinski definition) is 0. The van der Waals surface area contributed by atoms with Crippen LogP contribution < -0.4 is 0 Å². The monoisotopic (exact) mass is 436 g/mol. The molecule has 3 saturated carbocycles. The van der Waals surface area contributed by atoms with Crippen LogP contribution in [0.25, 0.3) is 0 Å². The molecule has 174 valence electrons. The zero-order valence-electron chi connectivity index (χ0n) is 20.8. The Kier molecular flexibility index (Phi) is 4.64. The molecule has 0 spiro atoms. The van der Waals surface area contributed by atoms with Gasteiger partial charge in [-0.3, -0.25) is 9.59 Å². The topological polar surface area (TPSA) is 43.4 Å². The highest BCUT2D eigenvalue weighted by Gasteiger charge is 2.66. The normalized spacial score (nSPS) is 46.6. The van der Waals surface area contributed by atoms with Crippen LogP contribution in [0.15, 0.2) is 35.5 Å². The summed E-state index contributed by atoms with van der Waals surface area (Å²) in [5.74, 6) is 0.922. The zero-order chi connectivity index (χ0) is 23.2. The molecule has 3 heteroatoms. The summed E-state index contributed by atoms with van der Waals surface area (Å²) >= 11 is 0. The summed E-state index contributed by atoms with van der Waals surface area (Å²) in [4.78, 5) is 25.4. The van der Waals surface area contributed by atoms with Crippen LogP contribution in [0, 0.1) is 38.9 Å². The third-order valence-electron chi connectivity index (χ3n) is 11.2. The van der Waals surface area contributed by atoms with Gasteiger partial charge in [-0.05, 0) is 91.6 Å². The van der Waals surface area contributed by atoms with E-state index >= 15 is 0 Å². The van der Waals surface area contributed by atoms with E-state index in [1.54, 1.807) is 18.8 Å². The summed E-state index contributed by atoms with van der Waals surface area (Å²) in [7, 11) is 1.57. The Morgan fingerprint density at radius 1 is 1.03 bits per heavy atom. The first kappa shape index (κ1) is 22.2. The number of ketones is 1. The van der Waals surface area contributed by atoms with E-state index in [1.165, 1.54) is 5.57 Å². The molecule has 1 unspecified atom stereocenters. The Morgan fingerprint density at radius 2 is 1.75 bits per heavy atom. The van der Waals surface area contributed by atoms with Crippen molar-refractivity contribution in [3.63, 3.8) is 0 Å². The molecule has 0 aromatic rings. The first-order valence-corrected chi connectivity index (χ1v) is 12.7. The minimum absolute atomic E-state index is 0.0165. The third-order valence-corrected chi connectivity index (χ3v) is 11.2. The molecule has 0 amide bonds. The van der Waals surface area contributed by atoms with Gasteiger partial charge in [0.15, 0.2) is 5.78 Å². The van der Waals surface area contributed by atoms with E-state index in [1.807, 2.05) is 6.08 Å². The van der Waals surface area contributed by atoms with Crippen molar-refractivity contribution in [3.8, 4) is 0 Å². The maximum Gasteiger partial charge on any atom is 0.312 e. The van der Waals surface area contributed by atoms with Gasteiger partial charge in [0.05, 0.1) is 12.5 Å². The lowest BCUT2D eigenvalue weighted by Crippen LogP contribution is -2.61. The van der Waals surface area contributed by atoms with E-state index in [4.69, 9.17) is 4.74 Å². The second kappa shape index (κ2) is 6.70. The second-order valence-corrected chi connectivity index (χ2v) is 13.0. The number of allylic oxidation sites excluding steroid dienone is 6. The number of methoxy groups -OCH3 is 1. The Balaban J connectivity index is 1.62. The molecular weight excluding hydrogens is 396 g/mol. The number of ether oxygens (including phenoxy) is 1. The van der Waals surface area contributed by atoms with E-state index in [0.717, 1.165) is 51.4 Å². The molecule has 3 nitrogen and oxygen atoms in total. The molecule has 0 saturated heterocycles. The lowest BCUT2D eigenvalue weighted by Gasteiger charge is -2.67. The van der Waals surface area contributed by atoms with Gasteiger partial charge in [-0.25, -0.2) is 0 Å². The quantitative estimate of drug-likeness (QED) is 0.344. The summed E-state index contributed by atoms with van der Waals surface area (Å²) in [5, 5.41) is 0. The van der Waals surface area contributed by atoms with Crippen molar-refractivity contribution in [2.45, 2.75) is 86.0 Å². The number of rotatable bonds is 1. The van der Waals surface area contributed by atoms with Crippen molar-refractivity contribution in [3.05, 3.63) is 35.5 Å². The molecule has 5 aliphatic carbocycles. The van der Waals surface area contributed by atoms with Crippen molar-refractivity contribution in [1.29, 1.82) is 0 Å². The van der Waals surface area contributed by atoms with Crippen molar-refractivity contribution < 1.29 is 14.3 Å². The Bertz CT molecular complexity index is 967. The number of carbonyl (C=O) groups is 2. The van der Waals surface area contributed by atoms with Gasteiger partial charge in [-0.1, -0.05) is 57.9 Å². The smallest absolute Gasteiger partial charge is 0.312 e. The van der Waals surface area contributed by atoms with Crippen LogP contribution in [0.4, 0.5) is 0 Å². The van der Waals surface area contributed by atoms with Gasteiger partial charge in [0.1, 0.15) is 0 Å². The molecule has 0 radical (unpaired) electrons. The predicted octanol–water partition coefficient (Wildman–Crippen LogP) is 6.59. The summed E-state index contributed by atoms with van der Waals surface area (Å²) in [6.45, 7) is 12.1. The van der Waals surface area contributed by atoms with Crippen molar-refractivity contribution >= 4 is 11.8 Å². The second-order valence-electron chi connectivity index (χ2n) is 13.0. The van der Waals surface area contributed by atoms with E-state index in [-0.39, 0.29) is 44.7 Å². The predicted molar refractivity (Wildman–Crippen MR) is 127 cm³/mol. The van der Waals surface area contributed by atoms with E-state index in [2.05, 4.69) is 46.8 Å². The maximum absolute atomic E-state index is 13.2. The highest BCUT2D eigenvalue weighted by atomic mass is 16.5. The number of fused-ring (bicyclic) bond motifs is 7. The molecule has 6 atom stereocenters. The standard InChI is InChI=1S/C29H40O3/c1-25(2)13-15-29(24(31)32-6)16-14-27(4)21(22(29)18-25)7-8-23-26(3)11-10-20(30)17-19(26)9-12-28(23,27)5/h7,10-11,17,22-23H,8-9,12-16,18H2,1-6H3/t22?,23-,26+,27-,28-,29+/m1/s1. The lowest BCUT2D eigenvalue weighted by atomic mass is 9.36. The van der Waals surface area contributed by atoms with Crippen LogP contribution in [-0.4, -0.2) is 18.9 Å². The summed E-state index contributed by atoms with van der Waals surface area (Å²) in [6, 6.07) is 0. The molecule has 0 bridgehead atoms. The molecule has 0 aromatic heterocycles. The molecule has 32 heavy (non-hydrogen) atoms.